The molecular formula is C26H39N3O14S. The summed E-state index contributed by atoms with van der Waals surface area (Å²) in [6.07, 6.45) is -5.35. The highest BCUT2D eigenvalue weighted by Crippen LogP contribution is 2.33. The van der Waals surface area contributed by atoms with E-state index in [1.807, 2.05) is 0 Å². The molecule has 0 aliphatic carbocycles. The van der Waals surface area contributed by atoms with Gasteiger partial charge in [-0.1, -0.05) is 13.0 Å². The van der Waals surface area contributed by atoms with E-state index in [2.05, 4.69) is 16.0 Å². The van der Waals surface area contributed by atoms with E-state index >= 15 is 0 Å². The number of rotatable bonds is 17. The summed E-state index contributed by atoms with van der Waals surface area (Å²) in [7, 11) is -4.25. The van der Waals surface area contributed by atoms with Crippen molar-refractivity contribution in [1.82, 2.24) is 10.6 Å². The smallest absolute Gasteiger partial charge is 0.302 e. The lowest BCUT2D eigenvalue weighted by Gasteiger charge is -2.40. The molecule has 0 radical (unpaired) electrons. The van der Waals surface area contributed by atoms with Crippen LogP contribution in [-0.4, -0.2) is 115 Å². The van der Waals surface area contributed by atoms with Crippen molar-refractivity contribution in [3.8, 4) is 5.75 Å². The van der Waals surface area contributed by atoms with Crippen LogP contribution in [0.15, 0.2) is 18.2 Å². The van der Waals surface area contributed by atoms with Gasteiger partial charge in [0, 0.05) is 38.8 Å². The Bertz CT molecular complexity index is 1240. The Balaban J connectivity index is 1.88. The normalized spacial score (nSPS) is 21.6. The SMILES string of the molecule is CC(=O)OCc1ccc(O[C@@H]2O[C@H](CO)[C@H](O)[C@H](O)C2C)c(NC(=O)CCNC(=O)COCCNC(=O)CCS(=O)(=O)O)c1. The van der Waals surface area contributed by atoms with Gasteiger partial charge in [-0.3, -0.25) is 23.7 Å². The van der Waals surface area contributed by atoms with Gasteiger partial charge >= 0.3 is 5.97 Å². The first kappa shape index (κ1) is 36.8. The van der Waals surface area contributed by atoms with Gasteiger partial charge in [-0.05, 0) is 17.7 Å². The van der Waals surface area contributed by atoms with Crippen LogP contribution in [0.2, 0.25) is 0 Å². The maximum absolute atomic E-state index is 12.7. The molecule has 0 aromatic heterocycles. The summed E-state index contributed by atoms with van der Waals surface area (Å²) in [5, 5.41) is 37.4. The van der Waals surface area contributed by atoms with Crippen LogP contribution in [0.4, 0.5) is 5.69 Å². The zero-order chi connectivity index (χ0) is 32.9. The molecule has 1 aliphatic rings. The lowest BCUT2D eigenvalue weighted by molar-refractivity contribution is -0.256. The standard InChI is InChI=1S/C26H39N3O14S/c1-15-24(35)25(36)20(12-30)43-26(15)42-19-4-3-17(13-41-16(2)31)11-18(19)29-22(33)5-7-27-23(34)14-40-9-8-28-21(32)6-10-44(37,38)39/h3-4,11,15,20,24-26,30,35-36H,5-10,12-14H2,1-2H3,(H,27,34)(H,28,32)(H,29,33)(H,37,38,39)/t15?,20-,24-,25+,26-/m1/s1. The first-order chi connectivity index (χ1) is 20.7. The first-order valence-corrected chi connectivity index (χ1v) is 15.2. The monoisotopic (exact) mass is 649 g/mol. The van der Waals surface area contributed by atoms with Gasteiger partial charge in [0.15, 0.2) is 0 Å². The third-order valence-corrected chi connectivity index (χ3v) is 6.97. The molecule has 1 saturated heterocycles. The van der Waals surface area contributed by atoms with Crippen LogP contribution < -0.4 is 20.7 Å². The third-order valence-electron chi connectivity index (χ3n) is 6.25. The molecule has 18 heteroatoms. The number of ether oxygens (including phenoxy) is 4. The Hall–Kier alpha value is -3.39. The quantitative estimate of drug-likeness (QED) is 0.0551. The van der Waals surface area contributed by atoms with Crippen molar-refractivity contribution in [2.24, 2.45) is 5.92 Å². The van der Waals surface area contributed by atoms with Crippen LogP contribution in [0.3, 0.4) is 0 Å². The maximum atomic E-state index is 12.7. The number of aliphatic hydroxyl groups excluding tert-OH is 3. The Labute approximate surface area is 253 Å². The number of benzene rings is 1. The molecule has 1 aromatic rings. The minimum absolute atomic E-state index is 0.00575. The molecule has 0 saturated carbocycles. The van der Waals surface area contributed by atoms with E-state index < -0.39 is 83.1 Å². The Morgan fingerprint density at radius 3 is 2.36 bits per heavy atom. The molecule has 1 unspecified atom stereocenters. The molecule has 3 amide bonds. The van der Waals surface area contributed by atoms with Crippen molar-refractivity contribution in [3.05, 3.63) is 23.8 Å². The fourth-order valence-corrected chi connectivity index (χ4v) is 4.29. The zero-order valence-corrected chi connectivity index (χ0v) is 25.1. The van der Waals surface area contributed by atoms with Crippen LogP contribution in [0, 0.1) is 5.92 Å². The van der Waals surface area contributed by atoms with Gasteiger partial charge in [-0.2, -0.15) is 8.42 Å². The molecule has 1 fully saturated rings. The second-order valence-electron chi connectivity index (χ2n) is 9.88. The number of aliphatic hydroxyl groups is 3. The lowest BCUT2D eigenvalue weighted by Crippen LogP contribution is -2.56. The molecular weight excluding hydrogens is 610 g/mol. The average Bonchev–Trinajstić information content (AvgIpc) is 2.95. The fraction of sp³-hybridized carbons (Fsp3) is 0.615. The molecule has 7 N–H and O–H groups in total. The molecule has 0 bridgehead atoms. The lowest BCUT2D eigenvalue weighted by atomic mass is 9.92. The summed E-state index contributed by atoms with van der Waals surface area (Å²) in [6.45, 7) is 1.70. The van der Waals surface area contributed by atoms with Crippen LogP contribution in [-0.2, 0) is 50.1 Å². The minimum atomic E-state index is -4.25. The maximum Gasteiger partial charge on any atom is 0.302 e. The number of amides is 3. The number of nitrogens with one attached hydrogen (secondary N) is 3. The van der Waals surface area contributed by atoms with E-state index in [0.29, 0.717) is 5.56 Å². The van der Waals surface area contributed by atoms with Gasteiger partial charge in [-0.25, -0.2) is 0 Å². The summed E-state index contributed by atoms with van der Waals surface area (Å²) in [5.74, 6) is -3.47. The van der Waals surface area contributed by atoms with Crippen LogP contribution in [0.25, 0.3) is 0 Å². The van der Waals surface area contributed by atoms with E-state index in [-0.39, 0.29) is 50.8 Å². The molecule has 248 valence electrons. The second-order valence-corrected chi connectivity index (χ2v) is 11.5. The van der Waals surface area contributed by atoms with Crippen LogP contribution >= 0.6 is 0 Å². The average molecular weight is 650 g/mol. The summed E-state index contributed by atoms with van der Waals surface area (Å²) >= 11 is 0. The van der Waals surface area contributed by atoms with E-state index in [0.717, 1.165) is 0 Å². The summed E-state index contributed by atoms with van der Waals surface area (Å²) < 4.78 is 51.5. The molecule has 2 rings (SSSR count). The zero-order valence-electron chi connectivity index (χ0n) is 24.3. The molecule has 44 heavy (non-hydrogen) atoms. The number of carbonyl (C=O) groups excluding carboxylic acids is 4. The predicted octanol–water partition coefficient (Wildman–Crippen LogP) is -1.94. The summed E-state index contributed by atoms with van der Waals surface area (Å²) in [6, 6.07) is 4.58. The fourth-order valence-electron chi connectivity index (χ4n) is 3.85. The van der Waals surface area contributed by atoms with Gasteiger partial charge in [0.05, 0.1) is 30.8 Å². The Morgan fingerprint density at radius 2 is 1.70 bits per heavy atom. The topological polar surface area (TPSA) is 256 Å². The highest BCUT2D eigenvalue weighted by molar-refractivity contribution is 7.85. The number of esters is 1. The molecule has 1 aromatic carbocycles. The number of anilines is 1. The van der Waals surface area contributed by atoms with E-state index in [9.17, 15) is 42.9 Å². The minimum Gasteiger partial charge on any atom is -0.462 e. The van der Waals surface area contributed by atoms with Crippen molar-refractivity contribution in [3.63, 3.8) is 0 Å². The van der Waals surface area contributed by atoms with Crippen LogP contribution in [0.1, 0.15) is 32.3 Å². The Kier molecular flexibility index (Phi) is 14.9. The van der Waals surface area contributed by atoms with Crippen molar-refractivity contribution in [2.45, 2.75) is 57.9 Å². The van der Waals surface area contributed by atoms with Gasteiger partial charge < -0.3 is 50.2 Å². The van der Waals surface area contributed by atoms with Crippen molar-refractivity contribution in [2.75, 3.05) is 44.0 Å². The molecule has 5 atom stereocenters. The molecule has 0 spiro atoms. The molecule has 17 nitrogen and oxygen atoms in total. The first-order valence-electron chi connectivity index (χ1n) is 13.6. The number of hydrogen-bond acceptors (Lipinski definition) is 13. The third kappa shape index (κ3) is 13.1. The summed E-state index contributed by atoms with van der Waals surface area (Å²) in [5.41, 5.74) is 0.689. The largest absolute Gasteiger partial charge is 0.462 e. The van der Waals surface area contributed by atoms with Crippen molar-refractivity contribution < 1.29 is 66.4 Å². The van der Waals surface area contributed by atoms with Gasteiger partial charge in [0.25, 0.3) is 10.1 Å². The van der Waals surface area contributed by atoms with E-state index in [1.54, 1.807) is 13.0 Å². The van der Waals surface area contributed by atoms with Gasteiger partial charge in [-0.15, -0.1) is 0 Å². The van der Waals surface area contributed by atoms with Crippen molar-refractivity contribution >= 4 is 39.5 Å². The second kappa shape index (κ2) is 17.8. The Morgan fingerprint density at radius 1 is 1.00 bits per heavy atom. The predicted molar refractivity (Wildman–Crippen MR) is 151 cm³/mol. The van der Waals surface area contributed by atoms with Gasteiger partial charge in [0.2, 0.25) is 24.0 Å². The number of hydrogen-bond donors (Lipinski definition) is 7. The van der Waals surface area contributed by atoms with Crippen LogP contribution in [0.5, 0.6) is 5.75 Å². The highest BCUT2D eigenvalue weighted by atomic mass is 32.2. The highest BCUT2D eigenvalue weighted by Gasteiger charge is 2.43. The number of carbonyl (C=O) groups is 4. The van der Waals surface area contributed by atoms with Gasteiger partial charge in [0.1, 0.15) is 31.2 Å². The van der Waals surface area contributed by atoms with Crippen molar-refractivity contribution in [1.29, 1.82) is 0 Å². The summed E-state index contributed by atoms with van der Waals surface area (Å²) in [4.78, 5) is 47.4. The van der Waals surface area contributed by atoms with E-state index in [4.69, 9.17) is 23.5 Å². The molecule has 1 aliphatic heterocycles. The molecule has 1 heterocycles. The van der Waals surface area contributed by atoms with E-state index in [1.165, 1.54) is 19.1 Å².